The zero-order chi connectivity index (χ0) is 31.5. The molecule has 46 heavy (non-hydrogen) atoms. The van der Waals surface area contributed by atoms with Gasteiger partial charge in [0, 0.05) is 35.5 Å². The lowest BCUT2D eigenvalue weighted by atomic mass is 9.98. The number of nitrogens with one attached hydrogen (secondary N) is 1. The Morgan fingerprint density at radius 2 is 1.43 bits per heavy atom. The van der Waals surface area contributed by atoms with E-state index in [0.29, 0.717) is 56.2 Å². The van der Waals surface area contributed by atoms with Crippen LogP contribution >= 0.6 is 0 Å². The minimum atomic E-state index is -0.599. The van der Waals surface area contributed by atoms with Gasteiger partial charge in [0.05, 0.1) is 30.9 Å². The number of hydrogen-bond donors (Lipinski definition) is 1. The summed E-state index contributed by atoms with van der Waals surface area (Å²) in [5.74, 6) is 1.38. The number of rotatable bonds is 7. The van der Waals surface area contributed by atoms with Crippen LogP contribution in [0.4, 0.5) is 4.79 Å². The van der Waals surface area contributed by atoms with Crippen LogP contribution in [0.25, 0.3) is 33.2 Å². The summed E-state index contributed by atoms with van der Waals surface area (Å²) < 4.78 is 29.3. The Kier molecular flexibility index (Phi) is 6.45. The van der Waals surface area contributed by atoms with E-state index in [9.17, 15) is 14.4 Å². The fourth-order valence-electron chi connectivity index (χ4n) is 6.88. The van der Waals surface area contributed by atoms with E-state index in [0.717, 1.165) is 22.3 Å². The minimum Gasteiger partial charge on any atom is -0.493 e. The van der Waals surface area contributed by atoms with Crippen LogP contribution < -0.4 is 29.8 Å². The standard InChI is InChI=1S/C36H28N2O8/c1-42-28-13-23-26(16-29(28)43-2)35(40)38(33-24-14-30-31(46-18-45-30)15-25(24)34(39)32(23)33)12-11-37-36(41)44-17-27-21-9-5-3-7-19(21)20-8-4-6-10-22(20)27/h3-10,13-16,27H,11-12,17-18H2,1-2H3,(H,37,41). The van der Waals surface area contributed by atoms with Gasteiger partial charge in [0.2, 0.25) is 6.79 Å². The molecule has 2 aliphatic carbocycles. The van der Waals surface area contributed by atoms with E-state index in [1.165, 1.54) is 18.8 Å². The topological polar surface area (TPSA) is 114 Å². The number of aromatic nitrogens is 1. The van der Waals surface area contributed by atoms with Crippen LogP contribution in [0.3, 0.4) is 0 Å². The zero-order valence-corrected chi connectivity index (χ0v) is 25.0. The van der Waals surface area contributed by atoms with Crippen molar-refractivity contribution in [3.05, 3.63) is 105 Å². The molecule has 2 heterocycles. The van der Waals surface area contributed by atoms with Gasteiger partial charge in [0.15, 0.2) is 28.8 Å². The molecule has 0 spiro atoms. The highest BCUT2D eigenvalue weighted by Gasteiger charge is 2.36. The normalized spacial score (nSPS) is 13.7. The molecule has 0 saturated heterocycles. The van der Waals surface area contributed by atoms with Gasteiger partial charge in [-0.2, -0.15) is 0 Å². The summed E-state index contributed by atoms with van der Waals surface area (Å²) in [6, 6.07) is 22.9. The molecule has 0 fully saturated rings. The fourth-order valence-corrected chi connectivity index (χ4v) is 6.88. The monoisotopic (exact) mass is 616 g/mol. The summed E-state index contributed by atoms with van der Waals surface area (Å²) in [6.45, 7) is 0.374. The summed E-state index contributed by atoms with van der Waals surface area (Å²) in [5, 5.41) is 3.53. The van der Waals surface area contributed by atoms with Gasteiger partial charge in [-0.3, -0.25) is 9.59 Å². The Morgan fingerprint density at radius 3 is 2.09 bits per heavy atom. The van der Waals surface area contributed by atoms with E-state index in [1.807, 2.05) is 24.3 Å². The SMILES string of the molecule is COc1cc2c3c(n(CCNC(=O)OCC4c5ccccc5-c5ccccc54)c(=O)c2cc1OC)-c1cc2c(cc1C3=O)OCO2. The van der Waals surface area contributed by atoms with Gasteiger partial charge in [-0.1, -0.05) is 48.5 Å². The molecule has 10 nitrogen and oxygen atoms in total. The van der Waals surface area contributed by atoms with Crippen molar-refractivity contribution in [2.75, 3.05) is 34.2 Å². The van der Waals surface area contributed by atoms with Gasteiger partial charge < -0.3 is 33.6 Å². The Morgan fingerprint density at radius 1 is 0.826 bits per heavy atom. The minimum absolute atomic E-state index is 0.0465. The quantitative estimate of drug-likeness (QED) is 0.250. The number of pyridine rings is 1. The average molecular weight is 617 g/mol. The van der Waals surface area contributed by atoms with Crippen molar-refractivity contribution in [2.45, 2.75) is 12.5 Å². The number of methoxy groups -OCH3 is 2. The number of benzene rings is 4. The van der Waals surface area contributed by atoms with Crippen LogP contribution in [0.2, 0.25) is 0 Å². The molecule has 1 aliphatic heterocycles. The molecule has 8 rings (SSSR count). The molecule has 230 valence electrons. The Labute approximate surface area is 263 Å². The lowest BCUT2D eigenvalue weighted by molar-refractivity contribution is 0.104. The third kappa shape index (κ3) is 4.13. The molecule has 1 aromatic heterocycles. The summed E-state index contributed by atoms with van der Waals surface area (Å²) in [7, 11) is 2.98. The first-order valence-electron chi connectivity index (χ1n) is 14.9. The molecule has 1 amide bonds. The van der Waals surface area contributed by atoms with Gasteiger partial charge in [-0.25, -0.2) is 4.79 Å². The van der Waals surface area contributed by atoms with Crippen molar-refractivity contribution in [3.63, 3.8) is 0 Å². The number of fused-ring (bicyclic) bond motifs is 9. The highest BCUT2D eigenvalue weighted by molar-refractivity contribution is 6.27. The first-order valence-corrected chi connectivity index (χ1v) is 14.9. The molecular formula is C36H28N2O8. The van der Waals surface area contributed by atoms with Gasteiger partial charge >= 0.3 is 6.09 Å². The van der Waals surface area contributed by atoms with Crippen molar-refractivity contribution in [1.29, 1.82) is 0 Å². The maximum absolute atomic E-state index is 14.1. The summed E-state index contributed by atoms with van der Waals surface area (Å²) >= 11 is 0. The maximum atomic E-state index is 14.1. The van der Waals surface area contributed by atoms with Gasteiger partial charge in [-0.05, 0) is 46.5 Å². The summed E-state index contributed by atoms with van der Waals surface area (Å²) in [6.07, 6.45) is -0.599. The Bertz CT molecular complexity index is 2120. The number of nitrogens with zero attached hydrogens (tertiary/aromatic N) is 1. The molecule has 0 bridgehead atoms. The second-order valence-electron chi connectivity index (χ2n) is 11.3. The van der Waals surface area contributed by atoms with E-state index in [2.05, 4.69) is 29.6 Å². The van der Waals surface area contributed by atoms with Crippen LogP contribution in [0, 0.1) is 0 Å². The fraction of sp³-hybridized carbons (Fsp3) is 0.194. The van der Waals surface area contributed by atoms with Crippen LogP contribution in [0.15, 0.2) is 77.6 Å². The second kappa shape index (κ2) is 10.7. The number of carbonyl (C=O) groups is 2. The van der Waals surface area contributed by atoms with Crippen molar-refractivity contribution in [2.24, 2.45) is 0 Å². The zero-order valence-electron chi connectivity index (χ0n) is 25.0. The molecule has 0 radical (unpaired) electrons. The first-order chi connectivity index (χ1) is 22.5. The van der Waals surface area contributed by atoms with E-state index in [-0.39, 0.29) is 43.7 Å². The van der Waals surface area contributed by atoms with Gasteiger partial charge in [-0.15, -0.1) is 0 Å². The smallest absolute Gasteiger partial charge is 0.407 e. The molecule has 0 unspecified atom stereocenters. The first kappa shape index (κ1) is 27.8. The molecule has 4 aromatic carbocycles. The van der Waals surface area contributed by atoms with E-state index in [1.54, 1.807) is 24.3 Å². The number of hydrogen-bond acceptors (Lipinski definition) is 8. The van der Waals surface area contributed by atoms with Crippen LogP contribution in [-0.4, -0.2) is 50.6 Å². The van der Waals surface area contributed by atoms with E-state index in [4.69, 9.17) is 23.7 Å². The van der Waals surface area contributed by atoms with Crippen molar-refractivity contribution in [1.82, 2.24) is 9.88 Å². The summed E-state index contributed by atoms with van der Waals surface area (Å²) in [4.78, 5) is 40.9. The number of alkyl carbamates (subject to hydrolysis) is 1. The second-order valence-corrected chi connectivity index (χ2v) is 11.3. The third-order valence-electron chi connectivity index (χ3n) is 8.96. The Hall–Kier alpha value is -5.77. The van der Waals surface area contributed by atoms with E-state index < -0.39 is 6.09 Å². The third-order valence-corrected chi connectivity index (χ3v) is 8.96. The molecule has 1 N–H and O–H groups in total. The molecule has 3 aliphatic rings. The molecule has 10 heteroatoms. The van der Waals surface area contributed by atoms with Crippen molar-refractivity contribution < 1.29 is 33.3 Å². The van der Waals surface area contributed by atoms with Gasteiger partial charge in [0.25, 0.3) is 5.56 Å². The average Bonchev–Trinajstić information content (AvgIpc) is 3.76. The lowest BCUT2D eigenvalue weighted by Gasteiger charge is -2.18. The van der Waals surface area contributed by atoms with Crippen LogP contribution in [-0.2, 0) is 11.3 Å². The number of carbonyl (C=O) groups excluding carboxylic acids is 2. The number of ketones is 1. The Balaban J connectivity index is 1.10. The van der Waals surface area contributed by atoms with Gasteiger partial charge in [0.1, 0.15) is 6.61 Å². The largest absolute Gasteiger partial charge is 0.493 e. The summed E-state index contributed by atoms with van der Waals surface area (Å²) in [5.41, 5.74) is 5.93. The molecule has 5 aromatic rings. The highest BCUT2D eigenvalue weighted by atomic mass is 16.7. The highest BCUT2D eigenvalue weighted by Crippen LogP contribution is 2.47. The molecule has 0 atom stereocenters. The van der Waals surface area contributed by atoms with Crippen LogP contribution in [0.5, 0.6) is 23.0 Å². The lowest BCUT2D eigenvalue weighted by Crippen LogP contribution is -2.33. The predicted octanol–water partition coefficient (Wildman–Crippen LogP) is 5.50. The molecule has 0 saturated carbocycles. The predicted molar refractivity (Wildman–Crippen MR) is 169 cm³/mol. The number of amides is 1. The van der Waals surface area contributed by atoms with Crippen LogP contribution in [0.1, 0.15) is 33.0 Å². The molecular weight excluding hydrogens is 588 g/mol. The van der Waals surface area contributed by atoms with Crippen molar-refractivity contribution in [3.8, 4) is 45.4 Å². The van der Waals surface area contributed by atoms with E-state index >= 15 is 0 Å². The maximum Gasteiger partial charge on any atom is 0.407 e. The number of ether oxygens (including phenoxy) is 5. The van der Waals surface area contributed by atoms with Crippen molar-refractivity contribution >= 4 is 22.6 Å².